The van der Waals surface area contributed by atoms with Crippen molar-refractivity contribution in [2.24, 2.45) is 5.73 Å². The lowest BCUT2D eigenvalue weighted by Gasteiger charge is -2.05. The van der Waals surface area contributed by atoms with Crippen LogP contribution in [0.25, 0.3) is 0 Å². The molecule has 0 aliphatic rings. The van der Waals surface area contributed by atoms with Crippen molar-refractivity contribution >= 4 is 0 Å². The summed E-state index contributed by atoms with van der Waals surface area (Å²) in [4.78, 5) is 0. The fraction of sp³-hybridized carbons (Fsp3) is 0.967. The predicted octanol–water partition coefficient (Wildman–Crippen LogP) is 22.7. The Balaban J connectivity index is 3.06. The number of nitrogens with two attached hydrogens (primary N) is 1. The molecule has 0 unspecified atom stereocenters. The van der Waals surface area contributed by atoms with E-state index in [4.69, 9.17) is 5.73 Å². The van der Waals surface area contributed by atoms with Gasteiger partial charge in [0.1, 0.15) is 0 Å². The molecule has 2 N–H and O–H groups in total. The van der Waals surface area contributed by atoms with Gasteiger partial charge in [0, 0.05) is 0 Å². The van der Waals surface area contributed by atoms with Gasteiger partial charge in [0.25, 0.3) is 0 Å². The van der Waals surface area contributed by atoms with Crippen molar-refractivity contribution in [3.8, 4) is 0 Å². The minimum atomic E-state index is 1.16. The summed E-state index contributed by atoms with van der Waals surface area (Å²) in [5.74, 6) is 0. The zero-order valence-corrected chi connectivity index (χ0v) is 43.0. The van der Waals surface area contributed by atoms with E-state index in [0.717, 1.165) is 6.42 Å². The zero-order valence-electron chi connectivity index (χ0n) is 43.0. The Kier molecular flexibility index (Phi) is 59.1. The average Bonchev–Trinajstić information content (AvgIpc) is 3.27. The van der Waals surface area contributed by atoms with Crippen LogP contribution in [0, 0.1) is 0 Å². The average molecular weight is 857 g/mol. The van der Waals surface area contributed by atoms with Crippen molar-refractivity contribution in [1.29, 1.82) is 0 Å². The molecule has 1 nitrogen and oxygen atoms in total. The summed E-state index contributed by atoms with van der Waals surface area (Å²) in [6.07, 6.45) is 87.8. The lowest BCUT2D eigenvalue weighted by atomic mass is 10.0. The van der Waals surface area contributed by atoms with E-state index in [2.05, 4.69) is 13.0 Å². The topological polar surface area (TPSA) is 26.0 Å². The van der Waals surface area contributed by atoms with Crippen molar-refractivity contribution < 1.29 is 0 Å². The highest BCUT2D eigenvalue weighted by molar-refractivity contribution is 4.74. The van der Waals surface area contributed by atoms with E-state index in [1.54, 1.807) is 6.20 Å². The molecule has 0 aromatic heterocycles. The number of rotatable bonds is 57. The molecule has 0 atom stereocenters. The highest BCUT2D eigenvalue weighted by Crippen LogP contribution is 2.19. The van der Waals surface area contributed by atoms with E-state index in [9.17, 15) is 0 Å². The minimum Gasteiger partial charge on any atom is -0.405 e. The molecule has 0 saturated heterocycles. The van der Waals surface area contributed by atoms with E-state index < -0.39 is 0 Å². The van der Waals surface area contributed by atoms with Crippen LogP contribution in [0.3, 0.4) is 0 Å². The number of allylic oxidation sites excluding steroid dienone is 1. The highest BCUT2D eigenvalue weighted by atomic mass is 14.5. The Morgan fingerprint density at radius 1 is 0.180 bits per heavy atom. The highest BCUT2D eigenvalue weighted by Gasteiger charge is 2.00. The lowest BCUT2D eigenvalue weighted by Crippen LogP contribution is -1.85. The Morgan fingerprint density at radius 2 is 0.295 bits per heavy atom. The number of unbranched alkanes of at least 4 members (excludes halogenated alkanes) is 56. The van der Waals surface area contributed by atoms with Crippen molar-refractivity contribution in [2.45, 2.75) is 373 Å². The Bertz CT molecular complexity index is 742. The Morgan fingerprint density at radius 3 is 0.410 bits per heavy atom. The van der Waals surface area contributed by atoms with Crippen molar-refractivity contribution in [3.63, 3.8) is 0 Å². The van der Waals surface area contributed by atoms with Crippen LogP contribution in [0.4, 0.5) is 0 Å². The summed E-state index contributed by atoms with van der Waals surface area (Å²) in [7, 11) is 0. The van der Waals surface area contributed by atoms with Gasteiger partial charge in [0.2, 0.25) is 0 Å². The summed E-state index contributed by atoms with van der Waals surface area (Å²) < 4.78 is 0. The standard InChI is InChI=1S/C60H121N/c1-2-3-4-5-6-7-8-9-10-11-12-13-14-15-16-17-18-19-20-21-22-23-24-25-26-27-28-29-30-31-32-33-34-35-36-37-38-39-40-41-42-43-44-45-46-47-48-49-50-51-52-53-54-55-56-57-58-59-60-61/h59-60H,2-58,61H2,1H3. The molecule has 0 fully saturated rings. The molecule has 0 rings (SSSR count). The first-order valence-corrected chi connectivity index (χ1v) is 29.8. The van der Waals surface area contributed by atoms with Crippen LogP contribution in [-0.4, -0.2) is 0 Å². The van der Waals surface area contributed by atoms with Crippen LogP contribution in [0.1, 0.15) is 373 Å². The number of hydrogen-bond donors (Lipinski definition) is 1. The first-order chi connectivity index (χ1) is 30.4. The summed E-state index contributed by atoms with van der Waals surface area (Å²) in [6.45, 7) is 2.31. The monoisotopic (exact) mass is 856 g/mol. The van der Waals surface area contributed by atoms with E-state index in [1.165, 1.54) is 360 Å². The first-order valence-electron chi connectivity index (χ1n) is 29.8. The second kappa shape index (κ2) is 59.5. The normalized spacial score (nSPS) is 11.8. The van der Waals surface area contributed by atoms with Crippen LogP contribution in [-0.2, 0) is 0 Å². The molecular weight excluding hydrogens is 735 g/mol. The van der Waals surface area contributed by atoms with E-state index in [1.807, 2.05) is 0 Å². The van der Waals surface area contributed by atoms with Gasteiger partial charge in [-0.05, 0) is 19.0 Å². The molecule has 0 spiro atoms. The van der Waals surface area contributed by atoms with Crippen molar-refractivity contribution in [3.05, 3.63) is 12.3 Å². The summed E-state index contributed by atoms with van der Waals surface area (Å²) >= 11 is 0. The molecule has 61 heavy (non-hydrogen) atoms. The van der Waals surface area contributed by atoms with Gasteiger partial charge in [0.15, 0.2) is 0 Å². The third kappa shape index (κ3) is 59.5. The summed E-state index contributed by atoms with van der Waals surface area (Å²) in [5, 5.41) is 0. The van der Waals surface area contributed by atoms with Crippen LogP contribution in [0.2, 0.25) is 0 Å². The van der Waals surface area contributed by atoms with Crippen molar-refractivity contribution in [2.75, 3.05) is 0 Å². The Hall–Kier alpha value is -0.460. The molecule has 366 valence electrons. The van der Waals surface area contributed by atoms with Gasteiger partial charge in [-0.1, -0.05) is 366 Å². The molecule has 0 aromatic rings. The SMILES string of the molecule is CCCCCCCCCCCCCCCCCCCCCCCCCCCCCCCCCCCCCCCCCCCCCCCCCCCCCCCCCCC=CN. The van der Waals surface area contributed by atoms with E-state index in [-0.39, 0.29) is 0 Å². The molecule has 0 aliphatic heterocycles. The molecule has 0 saturated carbocycles. The molecule has 1 heteroatoms. The quantitative estimate of drug-likeness (QED) is 0.0606. The van der Waals surface area contributed by atoms with Gasteiger partial charge in [0.05, 0.1) is 0 Å². The molecule has 0 aromatic carbocycles. The predicted molar refractivity (Wildman–Crippen MR) is 282 cm³/mol. The molecule has 0 heterocycles. The summed E-state index contributed by atoms with van der Waals surface area (Å²) in [6, 6.07) is 0. The van der Waals surface area contributed by atoms with E-state index >= 15 is 0 Å². The summed E-state index contributed by atoms with van der Waals surface area (Å²) in [5.41, 5.74) is 5.39. The van der Waals surface area contributed by atoms with E-state index in [0.29, 0.717) is 0 Å². The van der Waals surface area contributed by atoms with Crippen LogP contribution < -0.4 is 5.73 Å². The largest absolute Gasteiger partial charge is 0.405 e. The second-order valence-electron chi connectivity index (χ2n) is 20.7. The maximum absolute atomic E-state index is 5.39. The van der Waals surface area contributed by atoms with Gasteiger partial charge in [-0.3, -0.25) is 0 Å². The molecule has 0 aliphatic carbocycles. The minimum absolute atomic E-state index is 1.16. The maximum Gasteiger partial charge on any atom is -0.0103 e. The third-order valence-electron chi connectivity index (χ3n) is 14.4. The fourth-order valence-electron chi connectivity index (χ4n) is 9.98. The second-order valence-corrected chi connectivity index (χ2v) is 20.7. The van der Waals surface area contributed by atoms with Gasteiger partial charge in [-0.15, -0.1) is 0 Å². The molecule has 0 amide bonds. The Labute approximate surface area is 389 Å². The van der Waals surface area contributed by atoms with Crippen LogP contribution >= 0.6 is 0 Å². The van der Waals surface area contributed by atoms with Crippen molar-refractivity contribution in [1.82, 2.24) is 0 Å². The third-order valence-corrected chi connectivity index (χ3v) is 14.4. The molecule has 0 bridgehead atoms. The molecular formula is C60H121N. The van der Waals surface area contributed by atoms with Gasteiger partial charge >= 0.3 is 0 Å². The lowest BCUT2D eigenvalue weighted by molar-refractivity contribution is 0.507. The first kappa shape index (κ1) is 60.5. The van der Waals surface area contributed by atoms with Gasteiger partial charge in [-0.2, -0.15) is 0 Å². The van der Waals surface area contributed by atoms with Gasteiger partial charge < -0.3 is 5.73 Å². The molecule has 0 radical (unpaired) electrons. The smallest absolute Gasteiger partial charge is 0.0103 e. The number of hydrogen-bond acceptors (Lipinski definition) is 1. The zero-order chi connectivity index (χ0) is 43.7. The maximum atomic E-state index is 5.39. The van der Waals surface area contributed by atoms with Crippen LogP contribution in [0.15, 0.2) is 12.3 Å². The van der Waals surface area contributed by atoms with Gasteiger partial charge in [-0.25, -0.2) is 0 Å². The van der Waals surface area contributed by atoms with Crippen LogP contribution in [0.5, 0.6) is 0 Å². The fourth-order valence-corrected chi connectivity index (χ4v) is 9.98.